The molecule has 0 nitrogen and oxygen atoms in total. The van der Waals surface area contributed by atoms with E-state index in [1.165, 1.54) is 6.07 Å². The van der Waals surface area contributed by atoms with Crippen LogP contribution in [0.3, 0.4) is 0 Å². The summed E-state index contributed by atoms with van der Waals surface area (Å²) >= 11 is 3.55. The Morgan fingerprint density at radius 2 is 1.45 bits per heavy atom. The summed E-state index contributed by atoms with van der Waals surface area (Å²) in [5, 5.41) is 0.508. The highest BCUT2D eigenvalue weighted by atomic mass is 32.1. The van der Waals surface area contributed by atoms with E-state index in [1.54, 1.807) is 0 Å². The predicted molar refractivity (Wildman–Crippen MR) is 76.6 cm³/mol. The monoisotopic (exact) mass is 338 g/mol. The van der Waals surface area contributed by atoms with Crippen LogP contribution in [0.2, 0.25) is 0 Å². The predicted octanol–water partition coefficient (Wildman–Crippen LogP) is 5.60. The van der Waals surface area contributed by atoms with E-state index in [9.17, 15) is 26.3 Å². The fraction of sp³-hybridized carbons (Fsp3) is 0.200. The number of benzene rings is 1. The van der Waals surface area contributed by atoms with Gasteiger partial charge in [-0.25, -0.2) is 0 Å². The highest BCUT2D eigenvalue weighted by Crippen LogP contribution is 2.56. The van der Waals surface area contributed by atoms with Gasteiger partial charge in [0.1, 0.15) is 0 Å². The third-order valence-electron chi connectivity index (χ3n) is 3.04. The van der Waals surface area contributed by atoms with Gasteiger partial charge in [0.25, 0.3) is 0 Å². The molecule has 0 aromatic heterocycles. The van der Waals surface area contributed by atoms with E-state index in [1.807, 2.05) is 0 Å². The lowest BCUT2D eigenvalue weighted by Gasteiger charge is -2.38. The molecule has 0 aliphatic heterocycles. The number of alkyl halides is 6. The smallest absolute Gasteiger partial charge is 0.169 e. The Labute approximate surface area is 129 Å². The Morgan fingerprint density at radius 3 is 1.82 bits per heavy atom. The minimum Gasteiger partial charge on any atom is -0.169 e. The average Bonchev–Trinajstić information content (AvgIpc) is 2.41. The molecule has 0 bridgehead atoms. The van der Waals surface area contributed by atoms with E-state index in [4.69, 9.17) is 0 Å². The van der Waals surface area contributed by atoms with E-state index < -0.39 is 28.9 Å². The second-order valence-electron chi connectivity index (χ2n) is 4.29. The molecule has 0 saturated heterocycles. The van der Waals surface area contributed by atoms with Crippen molar-refractivity contribution < 1.29 is 26.3 Å². The summed E-state index contributed by atoms with van der Waals surface area (Å²) in [6.45, 7) is 3.24. The third-order valence-corrected chi connectivity index (χ3v) is 3.32. The lowest BCUT2D eigenvalue weighted by molar-refractivity contribution is -0.288. The van der Waals surface area contributed by atoms with Crippen LogP contribution in [0.5, 0.6) is 0 Å². The van der Waals surface area contributed by atoms with Crippen molar-refractivity contribution in [2.75, 3.05) is 0 Å². The van der Waals surface area contributed by atoms with Crippen LogP contribution in [0.1, 0.15) is 5.56 Å². The minimum absolute atomic E-state index is 0.508. The molecule has 0 aliphatic rings. The first-order valence-electron chi connectivity index (χ1n) is 5.96. The first-order valence-corrected chi connectivity index (χ1v) is 6.47. The van der Waals surface area contributed by atoms with Gasteiger partial charge >= 0.3 is 12.4 Å². The van der Waals surface area contributed by atoms with Crippen molar-refractivity contribution in [1.82, 2.24) is 0 Å². The second-order valence-corrected chi connectivity index (χ2v) is 4.55. The van der Waals surface area contributed by atoms with Gasteiger partial charge < -0.3 is 0 Å². The molecule has 0 heterocycles. The zero-order valence-electron chi connectivity index (χ0n) is 11.1. The number of thiol groups is 1. The number of hydrogen-bond donors (Lipinski definition) is 1. The molecule has 0 unspecified atom stereocenters. The molecule has 0 atom stereocenters. The Morgan fingerprint density at radius 1 is 0.955 bits per heavy atom. The van der Waals surface area contributed by atoms with Crippen LogP contribution in [0.15, 0.2) is 66.1 Å². The SMILES string of the molecule is C=C/C=C\C(=C/S)C(c1ccccc1)(C(F)(F)F)C(F)(F)F. The number of hydrogen-bond acceptors (Lipinski definition) is 1. The summed E-state index contributed by atoms with van der Waals surface area (Å²) in [5.74, 6) is 0. The van der Waals surface area contributed by atoms with Crippen LogP contribution in [-0.4, -0.2) is 12.4 Å². The van der Waals surface area contributed by atoms with Gasteiger partial charge in [-0.3, -0.25) is 0 Å². The van der Waals surface area contributed by atoms with Crippen molar-refractivity contribution in [1.29, 1.82) is 0 Å². The van der Waals surface area contributed by atoms with Gasteiger partial charge in [-0.15, -0.1) is 0 Å². The van der Waals surface area contributed by atoms with Crippen molar-refractivity contribution in [2.45, 2.75) is 17.8 Å². The Hall–Kier alpha value is -1.63. The van der Waals surface area contributed by atoms with Gasteiger partial charge in [-0.2, -0.15) is 39.0 Å². The van der Waals surface area contributed by atoms with Crippen LogP contribution in [-0.2, 0) is 5.41 Å². The molecule has 1 aromatic rings. The highest BCUT2D eigenvalue weighted by molar-refractivity contribution is 7.83. The molecule has 0 aliphatic carbocycles. The summed E-state index contributed by atoms with van der Waals surface area (Å²) in [4.78, 5) is 0. The van der Waals surface area contributed by atoms with Crippen LogP contribution in [0.4, 0.5) is 26.3 Å². The first-order chi connectivity index (χ1) is 10.1. The van der Waals surface area contributed by atoms with Gasteiger partial charge in [0, 0.05) is 0 Å². The van der Waals surface area contributed by atoms with E-state index in [0.29, 0.717) is 11.5 Å². The molecule has 1 aromatic carbocycles. The Balaban J connectivity index is 3.84. The van der Waals surface area contributed by atoms with Crippen LogP contribution in [0.25, 0.3) is 0 Å². The maximum absolute atomic E-state index is 13.6. The number of rotatable bonds is 4. The quantitative estimate of drug-likeness (QED) is 0.412. The molecule has 0 amide bonds. The maximum Gasteiger partial charge on any atom is 0.411 e. The third kappa shape index (κ3) is 3.09. The minimum atomic E-state index is -5.60. The molecule has 22 heavy (non-hydrogen) atoms. The normalized spacial score (nSPS) is 14.4. The molecule has 0 fully saturated rings. The first kappa shape index (κ1) is 18.4. The van der Waals surface area contributed by atoms with E-state index >= 15 is 0 Å². The maximum atomic E-state index is 13.6. The molecular formula is C15H12F6S. The fourth-order valence-corrected chi connectivity index (χ4v) is 2.39. The summed E-state index contributed by atoms with van der Waals surface area (Å²) < 4.78 is 81.4. The van der Waals surface area contributed by atoms with Crippen LogP contribution >= 0.6 is 12.6 Å². The average molecular weight is 338 g/mol. The van der Waals surface area contributed by atoms with Gasteiger partial charge in [0.15, 0.2) is 0 Å². The lowest BCUT2D eigenvalue weighted by atomic mass is 9.72. The molecule has 1 rings (SSSR count). The molecule has 0 N–H and O–H groups in total. The highest BCUT2D eigenvalue weighted by Gasteiger charge is 2.72. The Bertz CT molecular complexity index is 552. The van der Waals surface area contributed by atoms with E-state index in [-0.39, 0.29) is 0 Å². The van der Waals surface area contributed by atoms with Crippen molar-refractivity contribution >= 4 is 12.6 Å². The zero-order valence-corrected chi connectivity index (χ0v) is 12.0. The molecule has 0 radical (unpaired) electrons. The van der Waals surface area contributed by atoms with Crippen molar-refractivity contribution in [3.05, 3.63) is 71.7 Å². The number of halogens is 6. The lowest BCUT2D eigenvalue weighted by Crippen LogP contribution is -2.55. The molecule has 0 saturated carbocycles. The van der Waals surface area contributed by atoms with Crippen molar-refractivity contribution in [3.63, 3.8) is 0 Å². The number of allylic oxidation sites excluding steroid dienone is 4. The van der Waals surface area contributed by atoms with Gasteiger partial charge in [0.05, 0.1) is 0 Å². The molecule has 120 valence electrons. The summed E-state index contributed by atoms with van der Waals surface area (Å²) in [6.07, 6.45) is -8.43. The van der Waals surface area contributed by atoms with Gasteiger partial charge in [-0.1, -0.05) is 55.1 Å². The van der Waals surface area contributed by atoms with Crippen LogP contribution in [0, 0.1) is 0 Å². The molecule has 7 heteroatoms. The Kier molecular flexibility index (Phi) is 5.56. The fourth-order valence-electron chi connectivity index (χ4n) is 2.11. The second kappa shape index (κ2) is 6.64. The summed E-state index contributed by atoms with van der Waals surface area (Å²) in [5.41, 5.74) is -6.13. The zero-order chi connectivity index (χ0) is 17.0. The van der Waals surface area contributed by atoms with Crippen molar-refractivity contribution in [2.24, 2.45) is 0 Å². The molecule has 0 spiro atoms. The molecular weight excluding hydrogens is 326 g/mol. The standard InChI is InChI=1S/C15H12F6S/c1-2-3-7-12(10-22)13(14(16,17)18,15(19,20)21)11-8-5-4-6-9-11/h2-10,22H,1H2/b7-3-,12-10+. The van der Waals surface area contributed by atoms with E-state index in [2.05, 4.69) is 19.2 Å². The topological polar surface area (TPSA) is 0 Å². The summed E-state index contributed by atoms with van der Waals surface area (Å²) in [6, 6.07) is 5.16. The van der Waals surface area contributed by atoms with Crippen LogP contribution < -0.4 is 0 Å². The van der Waals surface area contributed by atoms with Gasteiger partial charge in [0.2, 0.25) is 5.41 Å². The van der Waals surface area contributed by atoms with Crippen molar-refractivity contribution in [3.8, 4) is 0 Å². The summed E-state index contributed by atoms with van der Waals surface area (Å²) in [7, 11) is 0. The largest absolute Gasteiger partial charge is 0.411 e. The van der Waals surface area contributed by atoms with Gasteiger partial charge in [-0.05, 0) is 16.5 Å². The van der Waals surface area contributed by atoms with E-state index in [0.717, 1.165) is 36.4 Å².